The summed E-state index contributed by atoms with van der Waals surface area (Å²) in [5.41, 5.74) is 18.6. The third-order valence-corrected chi connectivity index (χ3v) is 4.20. The van der Waals surface area contributed by atoms with Crippen LogP contribution >= 0.6 is 0 Å². The third kappa shape index (κ3) is 3.09. The van der Waals surface area contributed by atoms with Gasteiger partial charge in [-0.05, 0) is 18.1 Å². The maximum Gasteiger partial charge on any atom is 0.129 e. The summed E-state index contributed by atoms with van der Waals surface area (Å²) in [5.74, 6) is 3.30. The maximum absolute atomic E-state index is 6.58. The minimum absolute atomic E-state index is 0.442. The predicted molar refractivity (Wildman–Crippen MR) is 86.1 cm³/mol. The molecule has 0 saturated heterocycles. The zero-order valence-corrected chi connectivity index (χ0v) is 13.0. The predicted octanol–water partition coefficient (Wildman–Crippen LogP) is 3.11. The van der Waals surface area contributed by atoms with E-state index in [4.69, 9.17) is 11.5 Å². The molecule has 0 heterocycles. The second-order valence-corrected chi connectivity index (χ2v) is 11.1. The SMILES string of the molecule is C[Si](C)(C)C#CCC1(N)CC=Cc2cccc(N)c21. The highest BCUT2D eigenvalue weighted by atomic mass is 28.3. The van der Waals surface area contributed by atoms with Crippen LogP contribution in [0.3, 0.4) is 0 Å². The van der Waals surface area contributed by atoms with Crippen LogP contribution in [0.5, 0.6) is 0 Å². The molecule has 100 valence electrons. The molecule has 19 heavy (non-hydrogen) atoms. The normalized spacial score (nSPS) is 21.5. The van der Waals surface area contributed by atoms with Gasteiger partial charge in [0.2, 0.25) is 0 Å². The van der Waals surface area contributed by atoms with Crippen LogP contribution in [0.25, 0.3) is 6.08 Å². The number of benzene rings is 1. The van der Waals surface area contributed by atoms with Crippen LogP contribution in [0.1, 0.15) is 24.0 Å². The molecule has 1 aliphatic rings. The molecule has 0 aliphatic heterocycles. The molecule has 1 aliphatic carbocycles. The van der Waals surface area contributed by atoms with Crippen molar-refractivity contribution in [2.45, 2.75) is 38.0 Å². The fourth-order valence-electron chi connectivity index (χ4n) is 2.43. The first-order valence-electron chi connectivity index (χ1n) is 6.66. The van der Waals surface area contributed by atoms with Crippen molar-refractivity contribution in [1.82, 2.24) is 0 Å². The highest BCUT2D eigenvalue weighted by Gasteiger charge is 2.31. The second kappa shape index (κ2) is 4.88. The topological polar surface area (TPSA) is 52.0 Å². The molecule has 0 amide bonds. The minimum Gasteiger partial charge on any atom is -0.398 e. The van der Waals surface area contributed by atoms with Gasteiger partial charge in [-0.3, -0.25) is 0 Å². The Morgan fingerprint density at radius 2 is 2.05 bits per heavy atom. The van der Waals surface area contributed by atoms with Crippen LogP contribution in [-0.2, 0) is 5.54 Å². The average Bonchev–Trinajstić information content (AvgIpc) is 2.27. The first-order valence-corrected chi connectivity index (χ1v) is 10.2. The van der Waals surface area contributed by atoms with E-state index >= 15 is 0 Å². The van der Waals surface area contributed by atoms with Crippen molar-refractivity contribution in [2.24, 2.45) is 5.73 Å². The largest absolute Gasteiger partial charge is 0.398 e. The number of hydrogen-bond acceptors (Lipinski definition) is 2. The molecule has 0 saturated carbocycles. The lowest BCUT2D eigenvalue weighted by Crippen LogP contribution is -2.38. The Balaban J connectivity index is 2.36. The lowest BCUT2D eigenvalue weighted by atomic mass is 9.78. The minimum atomic E-state index is -1.35. The van der Waals surface area contributed by atoms with Gasteiger partial charge in [0, 0.05) is 17.7 Å². The zero-order valence-electron chi connectivity index (χ0n) is 12.0. The van der Waals surface area contributed by atoms with E-state index in [-0.39, 0.29) is 0 Å². The molecule has 1 aromatic rings. The molecular formula is C16H22N2Si. The first-order chi connectivity index (χ1) is 8.82. The van der Waals surface area contributed by atoms with Crippen LogP contribution in [0.2, 0.25) is 19.6 Å². The zero-order chi connectivity index (χ0) is 14.1. The Hall–Kier alpha value is -1.50. The Bertz CT molecular complexity index is 573. The highest BCUT2D eigenvalue weighted by molar-refractivity contribution is 6.83. The van der Waals surface area contributed by atoms with Gasteiger partial charge in [0.25, 0.3) is 0 Å². The molecule has 0 bridgehead atoms. The Kier molecular flexibility index (Phi) is 3.57. The van der Waals surface area contributed by atoms with Gasteiger partial charge >= 0.3 is 0 Å². The number of fused-ring (bicyclic) bond motifs is 1. The van der Waals surface area contributed by atoms with E-state index in [1.807, 2.05) is 12.1 Å². The van der Waals surface area contributed by atoms with Crippen molar-refractivity contribution in [3.63, 3.8) is 0 Å². The summed E-state index contributed by atoms with van der Waals surface area (Å²) in [5, 5.41) is 0. The fourth-order valence-corrected chi connectivity index (χ4v) is 3.05. The van der Waals surface area contributed by atoms with Gasteiger partial charge in [-0.1, -0.05) is 43.9 Å². The van der Waals surface area contributed by atoms with E-state index in [0.717, 1.165) is 23.2 Å². The molecule has 1 atom stereocenters. The Labute approximate surface area is 116 Å². The molecular weight excluding hydrogens is 248 g/mol. The molecule has 0 radical (unpaired) electrons. The van der Waals surface area contributed by atoms with E-state index in [0.29, 0.717) is 6.42 Å². The van der Waals surface area contributed by atoms with E-state index < -0.39 is 13.6 Å². The smallest absolute Gasteiger partial charge is 0.129 e. The summed E-state index contributed by atoms with van der Waals surface area (Å²) >= 11 is 0. The van der Waals surface area contributed by atoms with E-state index in [2.05, 4.69) is 49.3 Å². The van der Waals surface area contributed by atoms with E-state index in [1.165, 1.54) is 0 Å². The quantitative estimate of drug-likeness (QED) is 0.468. The van der Waals surface area contributed by atoms with Crippen molar-refractivity contribution in [2.75, 3.05) is 5.73 Å². The molecule has 1 unspecified atom stereocenters. The number of rotatable bonds is 1. The van der Waals surface area contributed by atoms with Crippen LogP contribution in [0, 0.1) is 11.5 Å². The molecule has 2 nitrogen and oxygen atoms in total. The van der Waals surface area contributed by atoms with Crippen molar-refractivity contribution in [3.8, 4) is 11.5 Å². The van der Waals surface area contributed by atoms with Crippen molar-refractivity contribution in [1.29, 1.82) is 0 Å². The summed E-state index contributed by atoms with van der Waals surface area (Å²) in [7, 11) is -1.35. The number of nitrogen functional groups attached to an aromatic ring is 1. The van der Waals surface area contributed by atoms with Crippen molar-refractivity contribution in [3.05, 3.63) is 35.4 Å². The van der Waals surface area contributed by atoms with Gasteiger partial charge in [-0.15, -0.1) is 11.5 Å². The van der Waals surface area contributed by atoms with Gasteiger partial charge in [0.15, 0.2) is 0 Å². The van der Waals surface area contributed by atoms with Gasteiger partial charge in [-0.2, -0.15) is 0 Å². The lowest BCUT2D eigenvalue weighted by Gasteiger charge is -2.32. The summed E-state index contributed by atoms with van der Waals surface area (Å²) in [6, 6.07) is 5.96. The Morgan fingerprint density at radius 1 is 1.32 bits per heavy atom. The monoisotopic (exact) mass is 270 g/mol. The highest BCUT2D eigenvalue weighted by Crippen LogP contribution is 2.37. The van der Waals surface area contributed by atoms with E-state index in [1.54, 1.807) is 0 Å². The second-order valence-electron chi connectivity index (χ2n) is 6.30. The standard InChI is InChI=1S/C16H22N2Si/c1-19(2,3)12-6-11-16(18)10-5-8-13-7-4-9-14(17)15(13)16/h4-5,7-9H,10-11,17-18H2,1-3H3. The average molecular weight is 270 g/mol. The molecule has 3 heteroatoms. The van der Waals surface area contributed by atoms with Crippen LogP contribution in [0.15, 0.2) is 24.3 Å². The first kappa shape index (κ1) is 13.9. The van der Waals surface area contributed by atoms with Gasteiger partial charge < -0.3 is 11.5 Å². The number of hydrogen-bond donors (Lipinski definition) is 2. The van der Waals surface area contributed by atoms with Gasteiger partial charge in [0.05, 0.1) is 5.54 Å². The molecule has 1 aromatic carbocycles. The molecule has 0 spiro atoms. The summed E-state index contributed by atoms with van der Waals surface area (Å²) < 4.78 is 0. The Morgan fingerprint density at radius 3 is 2.74 bits per heavy atom. The van der Waals surface area contributed by atoms with E-state index in [9.17, 15) is 0 Å². The fraction of sp³-hybridized carbons (Fsp3) is 0.375. The van der Waals surface area contributed by atoms with Crippen molar-refractivity contribution < 1.29 is 0 Å². The van der Waals surface area contributed by atoms with Crippen LogP contribution in [-0.4, -0.2) is 8.07 Å². The molecule has 2 rings (SSSR count). The summed E-state index contributed by atoms with van der Waals surface area (Å²) in [6.45, 7) is 6.73. The molecule has 4 N–H and O–H groups in total. The van der Waals surface area contributed by atoms with Crippen LogP contribution < -0.4 is 11.5 Å². The summed E-state index contributed by atoms with van der Waals surface area (Å²) in [4.78, 5) is 0. The van der Waals surface area contributed by atoms with Gasteiger partial charge in [-0.25, -0.2) is 0 Å². The summed E-state index contributed by atoms with van der Waals surface area (Å²) in [6.07, 6.45) is 5.69. The number of nitrogens with two attached hydrogens (primary N) is 2. The maximum atomic E-state index is 6.58. The van der Waals surface area contributed by atoms with Crippen LogP contribution in [0.4, 0.5) is 5.69 Å². The molecule has 0 aromatic heterocycles. The van der Waals surface area contributed by atoms with Crippen molar-refractivity contribution >= 4 is 19.8 Å². The third-order valence-electron chi connectivity index (χ3n) is 3.27. The molecule has 0 fully saturated rings. The number of anilines is 1. The lowest BCUT2D eigenvalue weighted by molar-refractivity contribution is 0.460. The van der Waals surface area contributed by atoms with Gasteiger partial charge in [0.1, 0.15) is 8.07 Å².